The van der Waals surface area contributed by atoms with Crippen LogP contribution in [0.15, 0.2) is 18.2 Å². The van der Waals surface area contributed by atoms with Crippen LogP contribution in [0.3, 0.4) is 0 Å². The van der Waals surface area contributed by atoms with Gasteiger partial charge in [0.1, 0.15) is 5.82 Å². The molecule has 0 aromatic heterocycles. The third-order valence-electron chi connectivity index (χ3n) is 2.65. The molecule has 0 unspecified atom stereocenters. The normalized spacial score (nSPS) is 11.8. The van der Waals surface area contributed by atoms with Crippen molar-refractivity contribution in [2.45, 2.75) is 25.9 Å². The summed E-state index contributed by atoms with van der Waals surface area (Å²) in [6.07, 6.45) is 0. The van der Waals surface area contributed by atoms with Gasteiger partial charge in [-0.25, -0.2) is 4.39 Å². The summed E-state index contributed by atoms with van der Waals surface area (Å²) in [6.45, 7) is 3.49. The van der Waals surface area contributed by atoms with Crippen molar-refractivity contribution in [1.82, 2.24) is 5.32 Å². The lowest BCUT2D eigenvalue weighted by molar-refractivity contribution is 0.103. The van der Waals surface area contributed by atoms with Crippen LogP contribution in [0.2, 0.25) is 0 Å². The average Bonchev–Trinajstić information content (AvgIpc) is 2.30. The van der Waals surface area contributed by atoms with Crippen molar-refractivity contribution < 1.29 is 14.6 Å². The molecule has 0 bridgehead atoms. The highest BCUT2D eigenvalue weighted by Gasteiger charge is 2.21. The monoisotopic (exact) mass is 227 g/mol. The predicted molar refractivity (Wildman–Crippen MR) is 60.6 cm³/mol. The van der Waals surface area contributed by atoms with Crippen molar-refractivity contribution in [2.24, 2.45) is 0 Å². The van der Waals surface area contributed by atoms with Gasteiger partial charge >= 0.3 is 0 Å². The van der Waals surface area contributed by atoms with Crippen LogP contribution in [0.4, 0.5) is 4.39 Å². The second-order valence-electron chi connectivity index (χ2n) is 4.31. The average molecular weight is 227 g/mol. The van der Waals surface area contributed by atoms with Crippen LogP contribution in [-0.4, -0.2) is 29.0 Å². The van der Waals surface area contributed by atoms with Crippen molar-refractivity contribution >= 4 is 0 Å². The number of hydrogen-bond donors (Lipinski definition) is 3. The molecule has 3 nitrogen and oxygen atoms in total. The molecule has 0 aliphatic heterocycles. The summed E-state index contributed by atoms with van der Waals surface area (Å²) in [7, 11) is 0. The highest BCUT2D eigenvalue weighted by atomic mass is 19.1. The maximum Gasteiger partial charge on any atom is 0.126 e. The van der Waals surface area contributed by atoms with Gasteiger partial charge < -0.3 is 15.5 Å². The first kappa shape index (κ1) is 13.1. The van der Waals surface area contributed by atoms with E-state index in [1.165, 1.54) is 6.07 Å². The van der Waals surface area contributed by atoms with Gasteiger partial charge in [-0.15, -0.1) is 0 Å². The molecule has 3 N–H and O–H groups in total. The number of aliphatic hydroxyl groups excluding tert-OH is 2. The van der Waals surface area contributed by atoms with Gasteiger partial charge in [-0.1, -0.05) is 12.1 Å². The first-order chi connectivity index (χ1) is 7.50. The van der Waals surface area contributed by atoms with Crippen LogP contribution in [0, 0.1) is 12.7 Å². The van der Waals surface area contributed by atoms with E-state index in [1.54, 1.807) is 19.9 Å². The smallest absolute Gasteiger partial charge is 0.126 e. The van der Waals surface area contributed by atoms with Gasteiger partial charge in [0.2, 0.25) is 0 Å². The number of nitrogens with one attached hydrogen (secondary N) is 1. The van der Waals surface area contributed by atoms with Crippen LogP contribution in [0.25, 0.3) is 0 Å². The van der Waals surface area contributed by atoms with E-state index < -0.39 is 5.54 Å². The third kappa shape index (κ3) is 3.27. The standard InChI is InChI=1S/C12H18FNO2/c1-9-3-4-10(5-11(9)13)6-14-12(2,7-15)8-16/h3-5,14-16H,6-8H2,1-2H3. The number of benzene rings is 1. The summed E-state index contributed by atoms with van der Waals surface area (Å²) in [5.74, 6) is -0.242. The molecule has 4 heteroatoms. The van der Waals surface area contributed by atoms with Crippen LogP contribution >= 0.6 is 0 Å². The van der Waals surface area contributed by atoms with Gasteiger partial charge in [-0.2, -0.15) is 0 Å². The Balaban J connectivity index is 2.64. The molecule has 0 aliphatic carbocycles. The lowest BCUT2D eigenvalue weighted by atomic mass is 10.0. The molecular weight excluding hydrogens is 209 g/mol. The summed E-state index contributed by atoms with van der Waals surface area (Å²) >= 11 is 0. The quantitative estimate of drug-likeness (QED) is 0.702. The number of halogens is 1. The predicted octanol–water partition coefficient (Wildman–Crippen LogP) is 0.967. The molecule has 1 rings (SSSR count). The largest absolute Gasteiger partial charge is 0.394 e. The van der Waals surface area contributed by atoms with Crippen LogP contribution in [0.5, 0.6) is 0 Å². The lowest BCUT2D eigenvalue weighted by Crippen LogP contribution is -2.48. The van der Waals surface area contributed by atoms with E-state index in [-0.39, 0.29) is 19.0 Å². The summed E-state index contributed by atoms with van der Waals surface area (Å²) in [4.78, 5) is 0. The van der Waals surface area contributed by atoms with E-state index in [9.17, 15) is 4.39 Å². The fourth-order valence-electron chi connectivity index (χ4n) is 1.22. The molecule has 0 spiro atoms. The molecule has 90 valence electrons. The first-order valence-corrected chi connectivity index (χ1v) is 5.22. The summed E-state index contributed by atoms with van der Waals surface area (Å²) < 4.78 is 13.2. The van der Waals surface area contributed by atoms with Crippen LogP contribution in [0.1, 0.15) is 18.1 Å². The summed E-state index contributed by atoms with van der Waals surface area (Å²) in [5, 5.41) is 21.1. The molecule has 0 heterocycles. The Morgan fingerprint density at radius 2 is 1.94 bits per heavy atom. The van der Waals surface area contributed by atoms with Crippen molar-refractivity contribution in [1.29, 1.82) is 0 Å². The molecule has 0 fully saturated rings. The van der Waals surface area contributed by atoms with Crippen molar-refractivity contribution in [3.05, 3.63) is 35.1 Å². The number of aryl methyl sites for hydroxylation is 1. The topological polar surface area (TPSA) is 52.5 Å². The van der Waals surface area contributed by atoms with Crippen LogP contribution in [-0.2, 0) is 6.54 Å². The first-order valence-electron chi connectivity index (χ1n) is 5.22. The Labute approximate surface area is 94.9 Å². The minimum absolute atomic E-state index is 0.169. The lowest BCUT2D eigenvalue weighted by Gasteiger charge is -2.26. The van der Waals surface area contributed by atoms with Gasteiger partial charge in [0.25, 0.3) is 0 Å². The molecule has 0 saturated carbocycles. The minimum atomic E-state index is -0.735. The maximum absolute atomic E-state index is 13.2. The Bertz CT molecular complexity index is 351. The van der Waals surface area contributed by atoms with E-state index in [0.717, 1.165) is 5.56 Å². The molecule has 16 heavy (non-hydrogen) atoms. The Morgan fingerprint density at radius 3 is 2.44 bits per heavy atom. The maximum atomic E-state index is 13.2. The fraction of sp³-hybridized carbons (Fsp3) is 0.500. The van der Waals surface area contributed by atoms with Gasteiger partial charge in [-0.05, 0) is 31.0 Å². The van der Waals surface area contributed by atoms with E-state index in [1.807, 2.05) is 6.07 Å². The molecule has 1 aromatic rings. The molecular formula is C12H18FNO2. The van der Waals surface area contributed by atoms with E-state index in [0.29, 0.717) is 12.1 Å². The second kappa shape index (κ2) is 5.39. The third-order valence-corrected chi connectivity index (χ3v) is 2.65. The fourth-order valence-corrected chi connectivity index (χ4v) is 1.22. The van der Waals surface area contributed by atoms with Gasteiger partial charge in [-0.3, -0.25) is 0 Å². The highest BCUT2D eigenvalue weighted by molar-refractivity contribution is 5.23. The molecule has 0 amide bonds. The Kier molecular flexibility index (Phi) is 4.41. The molecule has 0 saturated heterocycles. The zero-order valence-corrected chi connectivity index (χ0v) is 9.63. The zero-order chi connectivity index (χ0) is 12.2. The van der Waals surface area contributed by atoms with Gasteiger partial charge in [0.05, 0.1) is 18.8 Å². The van der Waals surface area contributed by atoms with Crippen molar-refractivity contribution in [2.75, 3.05) is 13.2 Å². The number of hydrogen-bond acceptors (Lipinski definition) is 3. The van der Waals surface area contributed by atoms with Crippen molar-refractivity contribution in [3.8, 4) is 0 Å². The SMILES string of the molecule is Cc1ccc(CNC(C)(CO)CO)cc1F. The summed E-state index contributed by atoms with van der Waals surface area (Å²) in [5.41, 5.74) is 0.661. The Morgan fingerprint density at radius 1 is 1.31 bits per heavy atom. The molecule has 0 radical (unpaired) electrons. The summed E-state index contributed by atoms with van der Waals surface area (Å²) in [6, 6.07) is 4.99. The van der Waals surface area contributed by atoms with Gasteiger partial charge in [0, 0.05) is 6.54 Å². The zero-order valence-electron chi connectivity index (χ0n) is 9.63. The van der Waals surface area contributed by atoms with Crippen LogP contribution < -0.4 is 5.32 Å². The number of rotatable bonds is 5. The minimum Gasteiger partial charge on any atom is -0.394 e. The van der Waals surface area contributed by atoms with E-state index in [4.69, 9.17) is 10.2 Å². The number of aliphatic hydroxyl groups is 2. The van der Waals surface area contributed by atoms with E-state index >= 15 is 0 Å². The second-order valence-corrected chi connectivity index (χ2v) is 4.31. The molecule has 0 aliphatic rings. The highest BCUT2D eigenvalue weighted by Crippen LogP contribution is 2.10. The Hall–Kier alpha value is -0.970. The van der Waals surface area contributed by atoms with Crippen molar-refractivity contribution in [3.63, 3.8) is 0 Å². The van der Waals surface area contributed by atoms with E-state index in [2.05, 4.69) is 5.32 Å². The molecule has 0 atom stereocenters. The molecule has 1 aromatic carbocycles. The van der Waals surface area contributed by atoms with Gasteiger partial charge in [0.15, 0.2) is 0 Å².